The van der Waals surface area contributed by atoms with Gasteiger partial charge in [-0.2, -0.15) is 5.10 Å². The summed E-state index contributed by atoms with van der Waals surface area (Å²) >= 11 is 0. The Morgan fingerprint density at radius 1 is 1.08 bits per heavy atom. The summed E-state index contributed by atoms with van der Waals surface area (Å²) < 4.78 is 68.7. The number of nitrogens with one attached hydrogen (secondary N) is 1. The molecule has 0 spiro atoms. The van der Waals surface area contributed by atoms with Crippen LogP contribution in [0.25, 0.3) is 5.52 Å². The Morgan fingerprint density at radius 3 is 2.27 bits per heavy atom. The van der Waals surface area contributed by atoms with E-state index in [-0.39, 0.29) is 5.52 Å². The summed E-state index contributed by atoms with van der Waals surface area (Å²) in [6.45, 7) is 0.756. The van der Waals surface area contributed by atoms with Crippen LogP contribution in [0.4, 0.5) is 27.6 Å². The van der Waals surface area contributed by atoms with Crippen molar-refractivity contribution in [1.82, 2.24) is 14.2 Å². The van der Waals surface area contributed by atoms with E-state index in [1.54, 1.807) is 24.5 Å². The van der Waals surface area contributed by atoms with E-state index >= 15 is 0 Å². The van der Waals surface area contributed by atoms with Gasteiger partial charge in [0.05, 0.1) is 0 Å². The number of amides is 1. The van der Waals surface area contributed by atoms with Crippen molar-refractivity contribution in [3.63, 3.8) is 0 Å². The Labute approximate surface area is 141 Å². The molecule has 0 saturated carbocycles. The topological polar surface area (TPSA) is 68.4 Å². The third-order valence-corrected chi connectivity index (χ3v) is 3.58. The first-order valence-electron chi connectivity index (χ1n) is 7.08. The number of hydrogen-bond donors (Lipinski definition) is 1. The Bertz CT molecular complexity index is 1080. The Morgan fingerprint density at radius 2 is 1.65 bits per heavy atom. The molecule has 0 radical (unpaired) electrons. The van der Waals surface area contributed by atoms with Gasteiger partial charge in [-0.05, 0) is 19.1 Å². The first kappa shape index (κ1) is 17.6. The number of nitrogens with zero attached hydrogens (tertiary/aromatic N) is 3. The van der Waals surface area contributed by atoms with Gasteiger partial charge in [-0.15, -0.1) is 0 Å². The fourth-order valence-corrected chi connectivity index (χ4v) is 2.37. The zero-order valence-electron chi connectivity index (χ0n) is 13.0. The molecule has 2 heterocycles. The maximum Gasteiger partial charge on any atom is 0.291 e. The number of carbonyl (C=O) groups excluding carboxylic acids is 1. The fourth-order valence-electron chi connectivity index (χ4n) is 2.37. The van der Waals surface area contributed by atoms with E-state index in [1.807, 2.05) is 0 Å². The normalized spacial score (nSPS) is 11.2. The third-order valence-electron chi connectivity index (χ3n) is 3.58. The predicted molar refractivity (Wildman–Crippen MR) is 79.1 cm³/mol. The van der Waals surface area contributed by atoms with Crippen molar-refractivity contribution in [2.24, 2.45) is 0 Å². The fraction of sp³-hybridized carbons (Fsp3) is 0.133. The molecule has 0 bridgehead atoms. The van der Waals surface area contributed by atoms with Crippen molar-refractivity contribution in [1.29, 1.82) is 0 Å². The van der Waals surface area contributed by atoms with Crippen LogP contribution in [0, 0.1) is 36.0 Å². The number of hydrogen-bond acceptors (Lipinski definition) is 3. The maximum absolute atomic E-state index is 13.6. The lowest BCUT2D eigenvalue weighted by Crippen LogP contribution is -2.32. The van der Waals surface area contributed by atoms with E-state index < -0.39 is 52.8 Å². The van der Waals surface area contributed by atoms with Crippen LogP contribution >= 0.6 is 0 Å². The molecule has 1 amide bonds. The highest BCUT2D eigenvalue weighted by molar-refractivity contribution is 5.90. The average molecular weight is 372 g/mol. The van der Waals surface area contributed by atoms with Crippen molar-refractivity contribution in [3.05, 3.63) is 63.6 Å². The molecule has 0 unspecified atom stereocenters. The lowest BCUT2D eigenvalue weighted by molar-refractivity contribution is -0.117. The Balaban J connectivity index is 1.94. The van der Waals surface area contributed by atoms with Crippen LogP contribution in [0.1, 0.15) is 5.82 Å². The average Bonchev–Trinajstić information content (AvgIpc) is 3.10. The van der Waals surface area contributed by atoms with Crippen molar-refractivity contribution in [2.45, 2.75) is 13.5 Å². The molecular formula is C15H9F5N4O2. The number of carbonyl (C=O) groups is 1. The largest absolute Gasteiger partial charge is 0.319 e. The van der Waals surface area contributed by atoms with E-state index in [0.717, 1.165) is 0 Å². The molecule has 0 aliphatic rings. The van der Waals surface area contributed by atoms with Gasteiger partial charge in [-0.1, -0.05) is 0 Å². The number of benzene rings is 1. The predicted octanol–water partition coefficient (Wildman–Crippen LogP) is 2.14. The van der Waals surface area contributed by atoms with E-state index in [2.05, 4.69) is 5.10 Å². The van der Waals surface area contributed by atoms with Gasteiger partial charge in [0.15, 0.2) is 23.3 Å². The highest BCUT2D eigenvalue weighted by Crippen LogP contribution is 2.27. The van der Waals surface area contributed by atoms with Gasteiger partial charge in [-0.25, -0.2) is 26.6 Å². The van der Waals surface area contributed by atoms with Crippen molar-refractivity contribution in [2.75, 3.05) is 5.32 Å². The van der Waals surface area contributed by atoms with E-state index in [1.165, 1.54) is 10.5 Å². The smallest absolute Gasteiger partial charge is 0.291 e. The summed E-state index contributed by atoms with van der Waals surface area (Å²) in [5.41, 5.74) is -1.98. The number of fused-ring (bicyclic) bond motifs is 1. The molecule has 0 aliphatic carbocycles. The molecule has 0 saturated heterocycles. The molecule has 3 aromatic rings. The summed E-state index contributed by atoms with van der Waals surface area (Å²) in [7, 11) is 0. The van der Waals surface area contributed by atoms with Crippen molar-refractivity contribution in [3.8, 4) is 0 Å². The third kappa shape index (κ3) is 2.70. The molecule has 0 fully saturated rings. The molecule has 6 nitrogen and oxygen atoms in total. The number of aromatic nitrogens is 3. The summed E-state index contributed by atoms with van der Waals surface area (Å²) in [6, 6.07) is 3.04. The lowest BCUT2D eigenvalue weighted by Gasteiger charge is -2.11. The Hall–Kier alpha value is -3.24. The molecule has 136 valence electrons. The monoisotopic (exact) mass is 372 g/mol. The molecule has 26 heavy (non-hydrogen) atoms. The van der Waals surface area contributed by atoms with Crippen LogP contribution in [0.15, 0.2) is 23.1 Å². The van der Waals surface area contributed by atoms with Crippen LogP contribution in [0.3, 0.4) is 0 Å². The number of halogens is 5. The van der Waals surface area contributed by atoms with Crippen LogP contribution in [0.5, 0.6) is 0 Å². The Kier molecular flexibility index (Phi) is 4.22. The van der Waals surface area contributed by atoms with E-state index in [0.29, 0.717) is 10.5 Å². The number of rotatable bonds is 3. The number of anilines is 1. The number of aryl methyl sites for hydroxylation is 1. The molecule has 11 heteroatoms. The molecule has 1 aromatic carbocycles. The van der Waals surface area contributed by atoms with E-state index in [9.17, 15) is 31.5 Å². The van der Waals surface area contributed by atoms with Crippen molar-refractivity contribution >= 4 is 17.1 Å². The molecule has 0 aliphatic heterocycles. The van der Waals surface area contributed by atoms with Gasteiger partial charge >= 0.3 is 0 Å². The van der Waals surface area contributed by atoms with Gasteiger partial charge < -0.3 is 5.32 Å². The zero-order valence-corrected chi connectivity index (χ0v) is 13.0. The minimum atomic E-state index is -2.34. The second-order valence-electron chi connectivity index (χ2n) is 5.27. The molecule has 0 atom stereocenters. The minimum absolute atomic E-state index is 0.196. The van der Waals surface area contributed by atoms with Crippen LogP contribution < -0.4 is 10.9 Å². The van der Waals surface area contributed by atoms with Crippen LogP contribution in [-0.4, -0.2) is 20.1 Å². The molecule has 2 aromatic heterocycles. The first-order valence-corrected chi connectivity index (χ1v) is 7.08. The SMILES string of the molecule is Cc1nn(CC(=O)Nc2c(F)c(F)c(F)c(F)c2F)c(=O)c2cccn12. The standard InChI is InChI=1S/C15H9F5N4O2/c1-6-22-24(15(26)7-3-2-4-23(6)7)5-8(25)21-14-12(19)10(17)9(16)11(18)13(14)20/h2-4H,5H2,1H3,(H,21,25). The van der Waals surface area contributed by atoms with Gasteiger partial charge in [-0.3, -0.25) is 14.0 Å². The minimum Gasteiger partial charge on any atom is -0.319 e. The molecular weight excluding hydrogens is 363 g/mol. The first-order chi connectivity index (χ1) is 12.2. The summed E-state index contributed by atoms with van der Waals surface area (Å²) in [5, 5.41) is 5.44. The molecule has 3 rings (SSSR count). The lowest BCUT2D eigenvalue weighted by atomic mass is 10.2. The van der Waals surface area contributed by atoms with Crippen LogP contribution in [0.2, 0.25) is 0 Å². The van der Waals surface area contributed by atoms with Gasteiger partial charge in [0, 0.05) is 6.20 Å². The van der Waals surface area contributed by atoms with E-state index in [4.69, 9.17) is 0 Å². The molecule has 1 N–H and O–H groups in total. The quantitative estimate of drug-likeness (QED) is 0.435. The summed E-state index contributed by atoms with van der Waals surface area (Å²) in [6.07, 6.45) is 1.57. The summed E-state index contributed by atoms with van der Waals surface area (Å²) in [5.74, 6) is -12.0. The second kappa shape index (κ2) is 6.24. The van der Waals surface area contributed by atoms with Gasteiger partial charge in [0.25, 0.3) is 5.56 Å². The van der Waals surface area contributed by atoms with Crippen molar-refractivity contribution < 1.29 is 26.7 Å². The maximum atomic E-state index is 13.6. The highest BCUT2D eigenvalue weighted by Gasteiger charge is 2.27. The van der Waals surface area contributed by atoms with Gasteiger partial charge in [0.2, 0.25) is 11.7 Å². The van der Waals surface area contributed by atoms with Crippen LogP contribution in [-0.2, 0) is 11.3 Å². The summed E-state index contributed by atoms with van der Waals surface area (Å²) in [4.78, 5) is 24.1. The second-order valence-corrected chi connectivity index (χ2v) is 5.27. The zero-order chi connectivity index (χ0) is 19.2. The highest BCUT2D eigenvalue weighted by atomic mass is 19.2. The van der Waals surface area contributed by atoms with Gasteiger partial charge in [0.1, 0.15) is 23.6 Å².